The topological polar surface area (TPSA) is 122 Å². The van der Waals surface area contributed by atoms with E-state index in [1.54, 1.807) is 12.1 Å². The number of nitrogens with zero attached hydrogens (tertiary/aromatic N) is 1. The van der Waals surface area contributed by atoms with Gasteiger partial charge in [0.25, 0.3) is 11.5 Å². The molecule has 0 fully saturated rings. The minimum Gasteiger partial charge on any atom is -0.467 e. The molecule has 1 unspecified atom stereocenters. The lowest BCUT2D eigenvalue weighted by Crippen LogP contribution is -2.34. The molecule has 0 bridgehead atoms. The van der Waals surface area contributed by atoms with Gasteiger partial charge in [0.15, 0.2) is 6.04 Å². The molecule has 1 amide bonds. The molecule has 4 aromatic rings. The summed E-state index contributed by atoms with van der Waals surface area (Å²) in [7, 11) is 2.72. The summed E-state index contributed by atoms with van der Waals surface area (Å²) in [6.45, 7) is 0. The fourth-order valence-electron chi connectivity index (χ4n) is 3.49. The monoisotopic (exact) mass is 516 g/mol. The molecule has 9 nitrogen and oxygen atoms in total. The Morgan fingerprint density at radius 2 is 1.86 bits per heavy atom. The van der Waals surface area contributed by atoms with Gasteiger partial charge < -0.3 is 20.4 Å². The van der Waals surface area contributed by atoms with E-state index >= 15 is 0 Å². The second-order valence-corrected chi connectivity index (χ2v) is 9.06. The Morgan fingerprint density at radius 1 is 1.14 bits per heavy atom. The van der Waals surface area contributed by atoms with Crippen molar-refractivity contribution in [3.8, 4) is 5.69 Å². The number of carbonyl (C=O) groups excluding carboxylic acids is 2. The maximum Gasteiger partial charge on any atom is 0.333 e. The van der Waals surface area contributed by atoms with E-state index in [-0.39, 0.29) is 27.8 Å². The van der Waals surface area contributed by atoms with Crippen LogP contribution in [0.4, 0.5) is 10.1 Å². The quantitative estimate of drug-likeness (QED) is 0.338. The maximum atomic E-state index is 14.2. The van der Waals surface area contributed by atoms with Crippen molar-refractivity contribution in [2.45, 2.75) is 6.04 Å². The van der Waals surface area contributed by atoms with E-state index in [9.17, 15) is 23.6 Å². The van der Waals surface area contributed by atoms with Crippen LogP contribution in [0.15, 0.2) is 58.1 Å². The number of ether oxygens (including phenoxy) is 1. The number of aromatic nitrogens is 2. The van der Waals surface area contributed by atoms with E-state index in [4.69, 9.17) is 16.3 Å². The first-order valence-electron chi connectivity index (χ1n) is 10.1. The predicted octanol–water partition coefficient (Wildman–Crippen LogP) is 3.22. The van der Waals surface area contributed by atoms with Crippen LogP contribution in [-0.2, 0) is 9.53 Å². The van der Waals surface area contributed by atoms with Crippen LogP contribution in [0.3, 0.4) is 0 Å². The molecule has 0 aliphatic carbocycles. The molecule has 0 aliphatic rings. The molecule has 0 saturated heterocycles. The highest BCUT2D eigenvalue weighted by Crippen LogP contribution is 2.28. The first-order chi connectivity index (χ1) is 16.7. The van der Waals surface area contributed by atoms with Gasteiger partial charge in [-0.25, -0.2) is 18.5 Å². The third kappa shape index (κ3) is 4.68. The van der Waals surface area contributed by atoms with Gasteiger partial charge in [-0.3, -0.25) is 9.59 Å². The molecule has 0 aliphatic heterocycles. The van der Waals surface area contributed by atoms with Crippen molar-refractivity contribution in [2.75, 3.05) is 19.5 Å². The minimum atomic E-state index is -1.06. The van der Waals surface area contributed by atoms with Gasteiger partial charge in [-0.15, -0.1) is 11.3 Å². The molecular weight excluding hydrogens is 499 g/mol. The highest BCUT2D eigenvalue weighted by Gasteiger charge is 2.26. The van der Waals surface area contributed by atoms with Crippen LogP contribution in [0.1, 0.15) is 21.3 Å². The average Bonchev–Trinajstić information content (AvgIpc) is 3.28. The zero-order chi connectivity index (χ0) is 25.3. The number of rotatable bonds is 6. The lowest BCUT2D eigenvalue weighted by molar-refractivity contribution is -0.143. The number of fused-ring (bicyclic) bond motifs is 1. The number of esters is 1. The number of anilines is 1. The smallest absolute Gasteiger partial charge is 0.333 e. The molecule has 0 spiro atoms. The van der Waals surface area contributed by atoms with Crippen LogP contribution < -0.4 is 21.9 Å². The zero-order valence-electron chi connectivity index (χ0n) is 18.3. The first-order valence-corrected chi connectivity index (χ1v) is 11.3. The Labute approximate surface area is 206 Å². The van der Waals surface area contributed by atoms with Gasteiger partial charge >= 0.3 is 11.7 Å². The minimum absolute atomic E-state index is 0.0153. The Bertz CT molecular complexity index is 1560. The van der Waals surface area contributed by atoms with Crippen molar-refractivity contribution in [3.05, 3.63) is 90.0 Å². The standard InChI is InChI=1S/C23H18ClFN4O5S/c1-26-16-10-15-13(9-14(16)25)21(31)29(23(33)27-15)12-5-3-11(4-6-12)20(30)28-19(22(32)34-2)17-7-8-18(24)35-17/h3-10,19,26H,1-2H3,(H,27,33)(H,28,30). The number of benzene rings is 2. The van der Waals surface area contributed by atoms with Gasteiger partial charge in [0, 0.05) is 17.5 Å². The number of H-pyrrole nitrogens is 1. The summed E-state index contributed by atoms with van der Waals surface area (Å²) in [6.07, 6.45) is 0. The molecule has 0 saturated carbocycles. The van der Waals surface area contributed by atoms with E-state index in [0.29, 0.717) is 9.21 Å². The van der Waals surface area contributed by atoms with Gasteiger partial charge in [-0.1, -0.05) is 11.6 Å². The number of amides is 1. The third-order valence-corrected chi connectivity index (χ3v) is 6.53. The van der Waals surface area contributed by atoms with E-state index in [0.717, 1.165) is 22.0 Å². The highest BCUT2D eigenvalue weighted by atomic mass is 35.5. The Hall–Kier alpha value is -3.96. The van der Waals surface area contributed by atoms with Crippen LogP contribution in [0, 0.1) is 5.82 Å². The summed E-state index contributed by atoms with van der Waals surface area (Å²) < 4.78 is 20.3. The lowest BCUT2D eigenvalue weighted by Gasteiger charge is -2.15. The number of methoxy groups -OCH3 is 1. The Morgan fingerprint density at radius 3 is 2.46 bits per heavy atom. The van der Waals surface area contributed by atoms with E-state index in [1.165, 1.54) is 44.5 Å². The molecule has 2 aromatic heterocycles. The highest BCUT2D eigenvalue weighted by molar-refractivity contribution is 7.16. The van der Waals surface area contributed by atoms with Crippen molar-refractivity contribution in [3.63, 3.8) is 0 Å². The van der Waals surface area contributed by atoms with Gasteiger partial charge in [-0.2, -0.15) is 0 Å². The van der Waals surface area contributed by atoms with Crippen molar-refractivity contribution in [1.82, 2.24) is 14.9 Å². The third-order valence-electron chi connectivity index (χ3n) is 5.23. The van der Waals surface area contributed by atoms with Crippen LogP contribution in [0.25, 0.3) is 16.6 Å². The fraction of sp³-hybridized carbons (Fsp3) is 0.130. The summed E-state index contributed by atoms with van der Waals surface area (Å²) in [5.41, 5.74) is -0.796. The lowest BCUT2D eigenvalue weighted by atomic mass is 10.1. The Kier molecular flexibility index (Phi) is 6.72. The van der Waals surface area contributed by atoms with Gasteiger partial charge in [-0.05, 0) is 48.5 Å². The largest absolute Gasteiger partial charge is 0.467 e. The van der Waals surface area contributed by atoms with Crippen LogP contribution >= 0.6 is 22.9 Å². The molecule has 2 aromatic carbocycles. The van der Waals surface area contributed by atoms with E-state index < -0.39 is 35.0 Å². The molecule has 35 heavy (non-hydrogen) atoms. The maximum absolute atomic E-state index is 14.2. The molecule has 3 N–H and O–H groups in total. The van der Waals surface area contributed by atoms with E-state index in [1.807, 2.05) is 0 Å². The summed E-state index contributed by atoms with van der Waals surface area (Å²) in [5.74, 6) is -1.90. The molecule has 2 heterocycles. The molecule has 0 radical (unpaired) electrons. The van der Waals surface area contributed by atoms with Crippen molar-refractivity contribution >= 4 is 51.4 Å². The molecule has 12 heteroatoms. The van der Waals surface area contributed by atoms with Crippen molar-refractivity contribution in [2.24, 2.45) is 0 Å². The SMILES string of the molecule is CNc1cc2[nH]c(=O)n(-c3ccc(C(=O)NC(C(=O)OC)c4ccc(Cl)s4)cc3)c(=O)c2cc1F. The normalized spacial score (nSPS) is 11.8. The second-order valence-electron chi connectivity index (χ2n) is 7.32. The number of hydrogen-bond acceptors (Lipinski definition) is 7. The number of nitrogens with one attached hydrogen (secondary N) is 3. The fourth-order valence-corrected chi connectivity index (χ4v) is 4.59. The number of carbonyl (C=O) groups is 2. The second kappa shape index (κ2) is 9.72. The van der Waals surface area contributed by atoms with Gasteiger partial charge in [0.2, 0.25) is 0 Å². The number of aromatic amines is 1. The zero-order valence-corrected chi connectivity index (χ0v) is 19.9. The number of hydrogen-bond donors (Lipinski definition) is 3. The van der Waals surface area contributed by atoms with Gasteiger partial charge in [0.1, 0.15) is 5.82 Å². The Balaban J connectivity index is 1.66. The van der Waals surface area contributed by atoms with Gasteiger partial charge in [0.05, 0.1) is 33.7 Å². The summed E-state index contributed by atoms with van der Waals surface area (Å²) in [4.78, 5) is 53.6. The van der Waals surface area contributed by atoms with Crippen LogP contribution in [0.2, 0.25) is 4.34 Å². The van der Waals surface area contributed by atoms with Crippen LogP contribution in [-0.4, -0.2) is 35.6 Å². The predicted molar refractivity (Wildman–Crippen MR) is 131 cm³/mol. The molecule has 1 atom stereocenters. The van der Waals surface area contributed by atoms with Crippen molar-refractivity contribution in [1.29, 1.82) is 0 Å². The molecule has 4 rings (SSSR count). The summed E-state index contributed by atoms with van der Waals surface area (Å²) in [5, 5.41) is 5.22. The van der Waals surface area contributed by atoms with Crippen LogP contribution in [0.5, 0.6) is 0 Å². The summed E-state index contributed by atoms with van der Waals surface area (Å²) in [6, 6.07) is 10.1. The average molecular weight is 517 g/mol. The van der Waals surface area contributed by atoms with E-state index in [2.05, 4.69) is 15.6 Å². The molecular formula is C23H18ClFN4O5S. The first kappa shape index (κ1) is 24.2. The molecule has 180 valence electrons. The summed E-state index contributed by atoms with van der Waals surface area (Å²) >= 11 is 7.07. The number of halogens is 2. The van der Waals surface area contributed by atoms with Crippen molar-refractivity contribution < 1.29 is 18.7 Å². The number of thiophene rings is 1.